The lowest BCUT2D eigenvalue weighted by Crippen LogP contribution is -2.09. The molecule has 1 unspecified atom stereocenters. The zero-order valence-corrected chi connectivity index (χ0v) is 13.3. The van der Waals surface area contributed by atoms with E-state index in [2.05, 4.69) is 25.1 Å². The Morgan fingerprint density at radius 2 is 2.00 bits per heavy atom. The van der Waals surface area contributed by atoms with Gasteiger partial charge in [-0.3, -0.25) is 0 Å². The minimum atomic E-state index is -0.422. The van der Waals surface area contributed by atoms with E-state index in [4.69, 9.17) is 5.73 Å². The standard InChI is InChI=1S/C17H27NOS/c1-13-9-15(17(19)7-8-18)11-16(10-13)20-12-14-5-3-2-4-6-14/h9-11,14,17,19H,2-8,12,18H2,1H3. The predicted octanol–water partition coefficient (Wildman–Crippen LogP) is 4.05. The van der Waals surface area contributed by atoms with Crippen LogP contribution < -0.4 is 5.73 Å². The minimum Gasteiger partial charge on any atom is -0.388 e. The third-order valence-corrected chi connectivity index (χ3v) is 5.32. The first-order valence-electron chi connectivity index (χ1n) is 7.81. The summed E-state index contributed by atoms with van der Waals surface area (Å²) in [5, 5.41) is 10.1. The van der Waals surface area contributed by atoms with Gasteiger partial charge in [0, 0.05) is 10.6 Å². The van der Waals surface area contributed by atoms with Gasteiger partial charge in [-0.25, -0.2) is 0 Å². The van der Waals surface area contributed by atoms with E-state index in [1.54, 1.807) is 0 Å². The van der Waals surface area contributed by atoms with E-state index in [1.807, 2.05) is 11.8 Å². The van der Waals surface area contributed by atoms with Gasteiger partial charge < -0.3 is 10.8 Å². The van der Waals surface area contributed by atoms with Crippen LogP contribution in [0.5, 0.6) is 0 Å². The molecule has 112 valence electrons. The van der Waals surface area contributed by atoms with Gasteiger partial charge in [0.2, 0.25) is 0 Å². The van der Waals surface area contributed by atoms with E-state index < -0.39 is 6.10 Å². The van der Waals surface area contributed by atoms with Crippen molar-refractivity contribution in [3.05, 3.63) is 29.3 Å². The fourth-order valence-electron chi connectivity index (χ4n) is 2.94. The van der Waals surface area contributed by atoms with Crippen LogP contribution in [0.15, 0.2) is 23.1 Å². The zero-order chi connectivity index (χ0) is 14.4. The molecule has 1 aliphatic rings. The Kier molecular flexibility index (Phi) is 6.40. The Morgan fingerprint density at radius 3 is 2.70 bits per heavy atom. The van der Waals surface area contributed by atoms with Crippen molar-refractivity contribution in [1.29, 1.82) is 0 Å². The van der Waals surface area contributed by atoms with Crippen LogP contribution in [-0.2, 0) is 0 Å². The Labute approximate surface area is 127 Å². The Morgan fingerprint density at radius 1 is 1.25 bits per heavy atom. The smallest absolute Gasteiger partial charge is 0.0802 e. The zero-order valence-electron chi connectivity index (χ0n) is 12.5. The third kappa shape index (κ3) is 4.80. The normalized spacial score (nSPS) is 18.1. The molecule has 2 nitrogen and oxygen atoms in total. The van der Waals surface area contributed by atoms with Crippen LogP contribution in [0.4, 0.5) is 0 Å². The molecule has 3 heteroatoms. The number of hydrogen-bond acceptors (Lipinski definition) is 3. The highest BCUT2D eigenvalue weighted by Crippen LogP contribution is 2.31. The van der Waals surface area contributed by atoms with Crippen molar-refractivity contribution in [3.63, 3.8) is 0 Å². The van der Waals surface area contributed by atoms with E-state index in [1.165, 1.54) is 48.3 Å². The van der Waals surface area contributed by atoms with Gasteiger partial charge in [-0.1, -0.05) is 25.3 Å². The molecule has 3 N–H and O–H groups in total. The first-order chi connectivity index (χ1) is 9.69. The fraction of sp³-hybridized carbons (Fsp3) is 0.647. The molecule has 0 aliphatic heterocycles. The Balaban J connectivity index is 1.96. The third-order valence-electron chi connectivity index (χ3n) is 4.11. The van der Waals surface area contributed by atoms with Gasteiger partial charge in [0.1, 0.15) is 0 Å². The van der Waals surface area contributed by atoms with E-state index in [-0.39, 0.29) is 0 Å². The van der Waals surface area contributed by atoms with Crippen LogP contribution >= 0.6 is 11.8 Å². The van der Waals surface area contributed by atoms with Crippen molar-refractivity contribution in [1.82, 2.24) is 0 Å². The molecule has 20 heavy (non-hydrogen) atoms. The van der Waals surface area contributed by atoms with E-state index in [0.717, 1.165) is 11.5 Å². The number of aliphatic hydroxyl groups is 1. The molecule has 1 atom stereocenters. The van der Waals surface area contributed by atoms with Gasteiger partial charge in [-0.15, -0.1) is 11.8 Å². The van der Waals surface area contributed by atoms with E-state index in [0.29, 0.717) is 13.0 Å². The molecule has 0 radical (unpaired) electrons. The molecular weight excluding hydrogens is 266 g/mol. The van der Waals surface area contributed by atoms with Crippen molar-refractivity contribution >= 4 is 11.8 Å². The Bertz CT molecular complexity index is 415. The molecule has 0 spiro atoms. The second-order valence-electron chi connectivity index (χ2n) is 5.99. The summed E-state index contributed by atoms with van der Waals surface area (Å²) in [7, 11) is 0. The lowest BCUT2D eigenvalue weighted by atomic mass is 9.91. The molecular formula is C17H27NOS. The monoisotopic (exact) mass is 293 g/mol. The summed E-state index contributed by atoms with van der Waals surface area (Å²) in [5.74, 6) is 2.10. The predicted molar refractivity (Wildman–Crippen MR) is 87.1 cm³/mol. The van der Waals surface area contributed by atoms with Crippen LogP contribution in [0.25, 0.3) is 0 Å². The second-order valence-corrected chi connectivity index (χ2v) is 7.08. The number of benzene rings is 1. The maximum absolute atomic E-state index is 10.1. The van der Waals surface area contributed by atoms with Gasteiger partial charge in [0.15, 0.2) is 0 Å². The molecule has 1 aliphatic carbocycles. The van der Waals surface area contributed by atoms with Crippen LogP contribution in [0.3, 0.4) is 0 Å². The molecule has 0 amide bonds. The maximum atomic E-state index is 10.1. The van der Waals surface area contributed by atoms with E-state index >= 15 is 0 Å². The van der Waals surface area contributed by atoms with Crippen molar-refractivity contribution in [3.8, 4) is 0 Å². The molecule has 0 saturated heterocycles. The maximum Gasteiger partial charge on any atom is 0.0802 e. The van der Waals surface area contributed by atoms with Crippen LogP contribution in [-0.4, -0.2) is 17.4 Å². The van der Waals surface area contributed by atoms with E-state index in [9.17, 15) is 5.11 Å². The topological polar surface area (TPSA) is 46.2 Å². The average molecular weight is 293 g/mol. The molecule has 2 rings (SSSR count). The van der Waals surface area contributed by atoms with Gasteiger partial charge in [0.05, 0.1) is 6.10 Å². The largest absolute Gasteiger partial charge is 0.388 e. The quantitative estimate of drug-likeness (QED) is 0.778. The summed E-state index contributed by atoms with van der Waals surface area (Å²) in [6.45, 7) is 2.63. The molecule has 1 aromatic carbocycles. The van der Waals surface area contributed by atoms with Crippen molar-refractivity contribution < 1.29 is 5.11 Å². The fourth-order valence-corrected chi connectivity index (χ4v) is 4.19. The van der Waals surface area contributed by atoms with Crippen molar-refractivity contribution in [2.24, 2.45) is 11.7 Å². The van der Waals surface area contributed by atoms with Crippen LogP contribution in [0.1, 0.15) is 55.8 Å². The first-order valence-corrected chi connectivity index (χ1v) is 8.80. The highest BCUT2D eigenvalue weighted by molar-refractivity contribution is 7.99. The van der Waals surface area contributed by atoms with Gasteiger partial charge in [-0.2, -0.15) is 0 Å². The highest BCUT2D eigenvalue weighted by atomic mass is 32.2. The molecule has 1 aromatic rings. The second kappa shape index (κ2) is 8.06. The lowest BCUT2D eigenvalue weighted by Gasteiger charge is -2.21. The molecule has 0 aromatic heterocycles. The van der Waals surface area contributed by atoms with Gasteiger partial charge in [0.25, 0.3) is 0 Å². The lowest BCUT2D eigenvalue weighted by molar-refractivity contribution is 0.170. The SMILES string of the molecule is Cc1cc(SCC2CCCCC2)cc(C(O)CCN)c1. The molecule has 0 bridgehead atoms. The summed E-state index contributed by atoms with van der Waals surface area (Å²) >= 11 is 1.95. The number of aryl methyl sites for hydroxylation is 1. The molecule has 1 saturated carbocycles. The first kappa shape index (κ1) is 15.9. The van der Waals surface area contributed by atoms with Gasteiger partial charge >= 0.3 is 0 Å². The number of aliphatic hydroxyl groups excluding tert-OH is 1. The summed E-state index contributed by atoms with van der Waals surface area (Å²) < 4.78 is 0. The van der Waals surface area contributed by atoms with Crippen LogP contribution in [0.2, 0.25) is 0 Å². The molecule has 0 heterocycles. The van der Waals surface area contributed by atoms with Crippen LogP contribution in [0, 0.1) is 12.8 Å². The number of hydrogen-bond donors (Lipinski definition) is 2. The average Bonchev–Trinajstić information content (AvgIpc) is 2.46. The summed E-state index contributed by atoms with van der Waals surface area (Å²) in [6.07, 6.45) is 7.22. The number of rotatable bonds is 6. The molecule has 1 fully saturated rings. The van der Waals surface area contributed by atoms with Crippen molar-refractivity contribution in [2.75, 3.05) is 12.3 Å². The number of thioether (sulfide) groups is 1. The van der Waals surface area contributed by atoms with Gasteiger partial charge in [-0.05, 0) is 61.9 Å². The van der Waals surface area contributed by atoms with Crippen molar-refractivity contribution in [2.45, 2.75) is 56.4 Å². The summed E-state index contributed by atoms with van der Waals surface area (Å²) in [4.78, 5) is 1.29. The minimum absolute atomic E-state index is 0.422. The summed E-state index contributed by atoms with van der Waals surface area (Å²) in [6, 6.07) is 6.44. The highest BCUT2D eigenvalue weighted by Gasteiger charge is 2.14. The summed E-state index contributed by atoms with van der Waals surface area (Å²) in [5.41, 5.74) is 7.78. The number of nitrogens with two attached hydrogens (primary N) is 1. The Hall–Kier alpha value is -0.510.